The van der Waals surface area contributed by atoms with Gasteiger partial charge in [0.2, 0.25) is 0 Å². The third-order valence-electron chi connectivity index (χ3n) is 6.28. The van der Waals surface area contributed by atoms with Crippen molar-refractivity contribution in [1.29, 1.82) is 0 Å². The van der Waals surface area contributed by atoms with E-state index in [4.69, 9.17) is 9.97 Å². The zero-order valence-corrected chi connectivity index (χ0v) is 19.9. The van der Waals surface area contributed by atoms with E-state index in [1.54, 1.807) is 23.1 Å². The lowest BCUT2D eigenvalue weighted by Crippen LogP contribution is -2.50. The number of hydrogen-bond acceptors (Lipinski definition) is 6. The van der Waals surface area contributed by atoms with Crippen LogP contribution in [-0.2, 0) is 19.4 Å². The molecule has 0 bridgehead atoms. The average Bonchev–Trinajstić information content (AvgIpc) is 3.18. The molecule has 0 saturated carbocycles. The highest BCUT2D eigenvalue weighted by Crippen LogP contribution is 2.40. The van der Waals surface area contributed by atoms with Crippen LogP contribution >= 0.6 is 11.3 Å². The molecule has 3 aromatic rings. The minimum absolute atomic E-state index is 0.209. The summed E-state index contributed by atoms with van der Waals surface area (Å²) >= 11 is 1.82. The molecule has 7 nitrogen and oxygen atoms in total. The van der Waals surface area contributed by atoms with Crippen molar-refractivity contribution in [1.82, 2.24) is 19.8 Å². The molecule has 1 saturated heterocycles. The Kier molecular flexibility index (Phi) is 6.16. The molecule has 3 heterocycles. The molecule has 0 spiro atoms. The molecule has 1 aliphatic heterocycles. The van der Waals surface area contributed by atoms with Gasteiger partial charge in [0.1, 0.15) is 22.3 Å². The van der Waals surface area contributed by atoms with E-state index in [2.05, 4.69) is 15.1 Å². The number of thiophene rings is 1. The van der Waals surface area contributed by atoms with Crippen LogP contribution in [0.15, 0.2) is 24.3 Å². The van der Waals surface area contributed by atoms with Crippen molar-refractivity contribution in [3.63, 3.8) is 0 Å². The van der Waals surface area contributed by atoms with Gasteiger partial charge < -0.3 is 20.0 Å². The summed E-state index contributed by atoms with van der Waals surface area (Å²) in [5, 5.41) is 3.91. The first-order valence-corrected chi connectivity index (χ1v) is 12.3. The van der Waals surface area contributed by atoms with E-state index >= 15 is 0 Å². The Labute approximate surface area is 197 Å². The van der Waals surface area contributed by atoms with Crippen LogP contribution < -0.4 is 10.2 Å². The molecule has 0 atom stereocenters. The number of halogens is 1. The number of anilines is 2. The van der Waals surface area contributed by atoms with E-state index in [0.717, 1.165) is 29.3 Å². The van der Waals surface area contributed by atoms with Crippen molar-refractivity contribution in [3.05, 3.63) is 46.3 Å². The van der Waals surface area contributed by atoms with Gasteiger partial charge in [-0.25, -0.2) is 19.2 Å². The molecule has 174 valence electrons. The van der Waals surface area contributed by atoms with E-state index in [-0.39, 0.29) is 11.7 Å². The topological polar surface area (TPSA) is 64.6 Å². The van der Waals surface area contributed by atoms with Gasteiger partial charge in [-0.2, -0.15) is 0 Å². The highest BCUT2D eigenvalue weighted by Gasteiger charge is 2.27. The number of carbonyl (C=O) groups excluding carboxylic acids is 1. The first-order valence-electron chi connectivity index (χ1n) is 11.5. The van der Waals surface area contributed by atoms with Crippen LogP contribution in [0, 0.1) is 5.82 Å². The van der Waals surface area contributed by atoms with Crippen molar-refractivity contribution in [2.75, 3.05) is 50.5 Å². The molecular weight excluding hydrogens is 439 g/mol. The van der Waals surface area contributed by atoms with Gasteiger partial charge in [-0.3, -0.25) is 0 Å². The molecule has 1 aliphatic carbocycles. The van der Waals surface area contributed by atoms with E-state index in [1.807, 2.05) is 25.4 Å². The number of nitrogens with one attached hydrogen (secondary N) is 1. The number of aryl methyl sites for hydroxylation is 2. The molecule has 9 heteroatoms. The molecule has 33 heavy (non-hydrogen) atoms. The lowest BCUT2D eigenvalue weighted by molar-refractivity contribution is 0.208. The number of piperazine rings is 1. The summed E-state index contributed by atoms with van der Waals surface area (Å²) in [5.41, 5.74) is 1.63. The Balaban J connectivity index is 1.38. The first kappa shape index (κ1) is 22.0. The molecule has 1 N–H and O–H groups in total. The van der Waals surface area contributed by atoms with E-state index in [0.29, 0.717) is 32.7 Å². The number of hydrogen-bond donors (Lipinski definition) is 1. The Morgan fingerprint density at radius 1 is 1.12 bits per heavy atom. The van der Waals surface area contributed by atoms with Crippen molar-refractivity contribution in [2.45, 2.75) is 32.2 Å². The number of aromatic nitrogens is 2. The fourth-order valence-corrected chi connectivity index (χ4v) is 5.92. The zero-order chi connectivity index (χ0) is 22.9. The maximum Gasteiger partial charge on any atom is 0.322 e. The monoisotopic (exact) mass is 468 g/mol. The molecule has 2 aromatic heterocycles. The van der Waals surface area contributed by atoms with Gasteiger partial charge in [-0.15, -0.1) is 11.3 Å². The summed E-state index contributed by atoms with van der Waals surface area (Å²) in [7, 11) is 4.05. The molecule has 1 aromatic carbocycles. The van der Waals surface area contributed by atoms with Gasteiger partial charge in [0.25, 0.3) is 0 Å². The lowest BCUT2D eigenvalue weighted by Gasteiger charge is -2.36. The molecule has 2 aliphatic rings. The second-order valence-corrected chi connectivity index (χ2v) is 10.1. The predicted octanol–water partition coefficient (Wildman–Crippen LogP) is 4.12. The summed E-state index contributed by atoms with van der Waals surface area (Å²) < 4.78 is 13.9. The SMILES string of the molecule is CN(C)Cc1nc(N2CCN(C(=O)Nc3ccccc3F)CC2)c2c3c(sc2n1)CCCC3. The summed E-state index contributed by atoms with van der Waals surface area (Å²) in [6.07, 6.45) is 4.66. The first-order chi connectivity index (χ1) is 16.0. The third-order valence-corrected chi connectivity index (χ3v) is 7.47. The smallest absolute Gasteiger partial charge is 0.322 e. The third kappa shape index (κ3) is 4.52. The van der Waals surface area contributed by atoms with Gasteiger partial charge in [-0.1, -0.05) is 12.1 Å². The second-order valence-electron chi connectivity index (χ2n) is 8.98. The van der Waals surface area contributed by atoms with Crippen molar-refractivity contribution < 1.29 is 9.18 Å². The number of para-hydroxylation sites is 1. The maximum atomic E-state index is 13.9. The number of rotatable bonds is 4. The number of benzene rings is 1. The minimum Gasteiger partial charge on any atom is -0.352 e. The number of nitrogens with zero attached hydrogens (tertiary/aromatic N) is 5. The highest BCUT2D eigenvalue weighted by atomic mass is 32.1. The van der Waals surface area contributed by atoms with E-state index in [9.17, 15) is 9.18 Å². The Bertz CT molecular complexity index is 1170. The number of carbonyl (C=O) groups is 1. The second kappa shape index (κ2) is 9.23. The largest absolute Gasteiger partial charge is 0.352 e. The fraction of sp³-hybridized carbons (Fsp3) is 0.458. The van der Waals surface area contributed by atoms with E-state index < -0.39 is 5.82 Å². The van der Waals surface area contributed by atoms with Crippen LogP contribution in [0.1, 0.15) is 29.1 Å². The van der Waals surface area contributed by atoms with Crippen LogP contribution in [0.3, 0.4) is 0 Å². The average molecular weight is 469 g/mol. The zero-order valence-electron chi connectivity index (χ0n) is 19.1. The highest BCUT2D eigenvalue weighted by molar-refractivity contribution is 7.19. The number of fused-ring (bicyclic) bond motifs is 3. The van der Waals surface area contributed by atoms with Gasteiger partial charge in [0, 0.05) is 31.1 Å². The molecule has 2 amide bonds. The van der Waals surface area contributed by atoms with Crippen LogP contribution in [0.4, 0.5) is 20.7 Å². The number of amides is 2. The predicted molar refractivity (Wildman–Crippen MR) is 131 cm³/mol. The number of urea groups is 1. The van der Waals surface area contributed by atoms with Gasteiger partial charge in [0.05, 0.1) is 17.6 Å². The molecule has 5 rings (SSSR count). The van der Waals surface area contributed by atoms with Gasteiger partial charge in [0.15, 0.2) is 0 Å². The van der Waals surface area contributed by atoms with Crippen molar-refractivity contribution >= 4 is 39.1 Å². The minimum atomic E-state index is -0.427. The fourth-order valence-electron chi connectivity index (χ4n) is 4.64. The molecular formula is C24H29FN6OS. The van der Waals surface area contributed by atoms with Crippen molar-refractivity contribution in [2.24, 2.45) is 0 Å². The molecule has 0 unspecified atom stereocenters. The summed E-state index contributed by atoms with van der Waals surface area (Å²) in [6.45, 7) is 3.17. The summed E-state index contributed by atoms with van der Waals surface area (Å²) in [6, 6.07) is 5.98. The van der Waals surface area contributed by atoms with E-state index in [1.165, 1.54) is 34.7 Å². The summed E-state index contributed by atoms with van der Waals surface area (Å²) in [5.74, 6) is 1.41. The van der Waals surface area contributed by atoms with Crippen LogP contribution in [0.25, 0.3) is 10.2 Å². The standard InChI is InChI=1S/C24H29FN6OS/c1-29(2)15-20-27-22(21-16-7-3-6-10-19(16)33-23(21)28-20)30-11-13-31(14-12-30)24(32)26-18-9-5-4-8-17(18)25/h4-5,8-9H,3,6-7,10-15H2,1-2H3,(H,26,32). The molecule has 1 fully saturated rings. The summed E-state index contributed by atoms with van der Waals surface area (Å²) in [4.78, 5) is 31.3. The Morgan fingerprint density at radius 2 is 1.88 bits per heavy atom. The quantitative estimate of drug-likeness (QED) is 0.624. The lowest BCUT2D eigenvalue weighted by atomic mass is 9.97. The van der Waals surface area contributed by atoms with Crippen molar-refractivity contribution in [3.8, 4) is 0 Å². The van der Waals surface area contributed by atoms with Gasteiger partial charge in [-0.05, 0) is 57.5 Å². The van der Waals surface area contributed by atoms with Crippen LogP contribution in [0.5, 0.6) is 0 Å². The van der Waals surface area contributed by atoms with Crippen LogP contribution in [0.2, 0.25) is 0 Å². The Hall–Kier alpha value is -2.78. The van der Waals surface area contributed by atoms with Crippen LogP contribution in [-0.4, -0.2) is 66.1 Å². The maximum absolute atomic E-state index is 13.9. The normalized spacial score (nSPS) is 16.4. The Morgan fingerprint density at radius 3 is 2.64 bits per heavy atom. The van der Waals surface area contributed by atoms with Gasteiger partial charge >= 0.3 is 6.03 Å². The molecule has 0 radical (unpaired) electrons.